The summed E-state index contributed by atoms with van der Waals surface area (Å²) in [5.41, 5.74) is -0.233. The molecule has 7 nitrogen and oxygen atoms in total. The summed E-state index contributed by atoms with van der Waals surface area (Å²) >= 11 is 0. The number of hydrogen-bond acceptors (Lipinski definition) is 5. The molecule has 1 rings (SSSR count). The molecule has 0 amide bonds. The molecule has 0 aliphatic heterocycles. The average Bonchev–Trinajstić information content (AvgIpc) is 2.48. The predicted octanol–water partition coefficient (Wildman–Crippen LogP) is -0.311. The Kier molecular flexibility index (Phi) is 2.59. The zero-order valence-electron chi connectivity index (χ0n) is 6.06. The minimum absolute atomic E-state index is 0.00824. The number of nitrogens with one attached hydrogen (secondary N) is 1. The van der Waals surface area contributed by atoms with E-state index >= 15 is 0 Å². The van der Waals surface area contributed by atoms with Crippen LogP contribution in [0.5, 0.6) is 5.88 Å². The Morgan fingerprint density at radius 3 is 3.17 bits per heavy atom. The zero-order valence-corrected chi connectivity index (χ0v) is 6.06. The van der Waals surface area contributed by atoms with Crippen LogP contribution in [0.15, 0.2) is 6.20 Å². The van der Waals surface area contributed by atoms with Crippen molar-refractivity contribution < 1.29 is 14.8 Å². The molecule has 66 valence electrons. The van der Waals surface area contributed by atoms with Crippen LogP contribution in [0.2, 0.25) is 0 Å². The van der Waals surface area contributed by atoms with Gasteiger partial charge in [0.2, 0.25) is 0 Å². The molecule has 1 heterocycles. The van der Waals surface area contributed by atoms with Gasteiger partial charge in [0.1, 0.15) is 12.8 Å². The van der Waals surface area contributed by atoms with Crippen molar-refractivity contribution in [1.29, 1.82) is 0 Å². The van der Waals surface area contributed by atoms with Crippen LogP contribution in [0.3, 0.4) is 0 Å². The van der Waals surface area contributed by atoms with Crippen LogP contribution < -0.4 is 4.74 Å². The maximum absolute atomic E-state index is 10.2. The average molecular weight is 173 g/mol. The third-order valence-electron chi connectivity index (χ3n) is 1.11. The summed E-state index contributed by atoms with van der Waals surface area (Å²) in [6, 6.07) is 0. The van der Waals surface area contributed by atoms with Gasteiger partial charge in [-0.2, -0.15) is 0 Å². The topological polar surface area (TPSA) is 101 Å². The summed E-state index contributed by atoms with van der Waals surface area (Å²) < 4.78 is 4.75. The number of aliphatic hydroxyl groups is 1. The quantitative estimate of drug-likeness (QED) is 0.480. The van der Waals surface area contributed by atoms with Gasteiger partial charge in [-0.1, -0.05) is 0 Å². The predicted molar refractivity (Wildman–Crippen MR) is 37.8 cm³/mol. The third kappa shape index (κ3) is 1.70. The van der Waals surface area contributed by atoms with Gasteiger partial charge in [0, 0.05) is 0 Å². The van der Waals surface area contributed by atoms with Gasteiger partial charge in [0.05, 0.1) is 11.5 Å². The Hall–Kier alpha value is -1.63. The Morgan fingerprint density at radius 1 is 1.83 bits per heavy atom. The molecule has 0 atom stereocenters. The van der Waals surface area contributed by atoms with E-state index in [0.29, 0.717) is 0 Å². The van der Waals surface area contributed by atoms with E-state index in [9.17, 15) is 10.1 Å². The molecule has 0 bridgehead atoms. The van der Waals surface area contributed by atoms with E-state index in [1.54, 1.807) is 0 Å². The van der Waals surface area contributed by atoms with E-state index < -0.39 is 4.92 Å². The molecule has 7 heteroatoms. The van der Waals surface area contributed by atoms with Crippen LogP contribution in [0.25, 0.3) is 0 Å². The molecule has 1 aromatic heterocycles. The minimum Gasteiger partial charge on any atom is -0.469 e. The standard InChI is InChI=1S/C5H7N3O4/c9-1-2-12-5-4(8(10)11)3-6-7-5/h3,9H,1-2H2,(H,6,7). The van der Waals surface area contributed by atoms with Crippen molar-refractivity contribution in [1.82, 2.24) is 10.2 Å². The number of nitro groups is 1. The van der Waals surface area contributed by atoms with Gasteiger partial charge in [0.15, 0.2) is 0 Å². The number of aromatic nitrogens is 2. The summed E-state index contributed by atoms with van der Waals surface area (Å²) in [6.07, 6.45) is 1.12. The van der Waals surface area contributed by atoms with E-state index in [1.165, 1.54) is 0 Å². The SMILES string of the molecule is O=[N+]([O-])c1c[nH]nc1OCCO. The van der Waals surface area contributed by atoms with E-state index in [-0.39, 0.29) is 24.8 Å². The number of nitrogens with zero attached hydrogens (tertiary/aromatic N) is 2. The number of rotatable bonds is 4. The molecule has 12 heavy (non-hydrogen) atoms. The van der Waals surface area contributed by atoms with Gasteiger partial charge in [-0.05, 0) is 0 Å². The maximum Gasteiger partial charge on any atom is 0.349 e. The van der Waals surface area contributed by atoms with E-state index in [0.717, 1.165) is 6.20 Å². The van der Waals surface area contributed by atoms with Gasteiger partial charge < -0.3 is 9.84 Å². The van der Waals surface area contributed by atoms with Crippen molar-refractivity contribution in [2.24, 2.45) is 0 Å². The minimum atomic E-state index is -0.615. The van der Waals surface area contributed by atoms with E-state index in [2.05, 4.69) is 10.2 Å². The second-order valence-electron chi connectivity index (χ2n) is 1.90. The smallest absolute Gasteiger partial charge is 0.349 e. The lowest BCUT2D eigenvalue weighted by Gasteiger charge is -1.96. The number of H-pyrrole nitrogens is 1. The van der Waals surface area contributed by atoms with Gasteiger partial charge in [-0.15, -0.1) is 5.10 Å². The Labute approximate surface area is 67.1 Å². The van der Waals surface area contributed by atoms with Crippen LogP contribution in [-0.4, -0.2) is 33.4 Å². The molecule has 0 saturated carbocycles. The van der Waals surface area contributed by atoms with Gasteiger partial charge >= 0.3 is 11.6 Å². The van der Waals surface area contributed by atoms with E-state index in [4.69, 9.17) is 9.84 Å². The zero-order chi connectivity index (χ0) is 8.97. The molecule has 0 aromatic carbocycles. The second kappa shape index (κ2) is 3.67. The first-order valence-corrected chi connectivity index (χ1v) is 3.17. The highest BCUT2D eigenvalue weighted by atomic mass is 16.6. The lowest BCUT2D eigenvalue weighted by Crippen LogP contribution is -2.03. The lowest BCUT2D eigenvalue weighted by molar-refractivity contribution is -0.385. The largest absolute Gasteiger partial charge is 0.469 e. The first-order chi connectivity index (χ1) is 5.75. The summed E-state index contributed by atoms with van der Waals surface area (Å²) in [5, 5.41) is 24.4. The summed E-state index contributed by atoms with van der Waals surface area (Å²) in [5.74, 6) is -0.103. The molecule has 0 saturated heterocycles. The van der Waals surface area contributed by atoms with Crippen LogP contribution in [0, 0.1) is 10.1 Å². The first kappa shape index (κ1) is 8.47. The Morgan fingerprint density at radius 2 is 2.58 bits per heavy atom. The van der Waals surface area contributed by atoms with Crippen LogP contribution in [0.4, 0.5) is 5.69 Å². The molecule has 0 unspecified atom stereocenters. The summed E-state index contributed by atoms with van der Waals surface area (Å²) in [7, 11) is 0. The molecular weight excluding hydrogens is 166 g/mol. The fourth-order valence-corrected chi connectivity index (χ4v) is 0.650. The fraction of sp³-hybridized carbons (Fsp3) is 0.400. The van der Waals surface area contributed by atoms with Crippen molar-refractivity contribution in [3.05, 3.63) is 16.3 Å². The van der Waals surface area contributed by atoms with Crippen molar-refractivity contribution >= 4 is 5.69 Å². The highest BCUT2D eigenvalue weighted by Gasteiger charge is 2.17. The molecule has 0 radical (unpaired) electrons. The normalized spacial score (nSPS) is 9.75. The Balaban J connectivity index is 2.70. The molecule has 0 aliphatic rings. The van der Waals surface area contributed by atoms with Gasteiger partial charge in [-0.25, -0.2) is 0 Å². The second-order valence-corrected chi connectivity index (χ2v) is 1.90. The number of aromatic amines is 1. The van der Waals surface area contributed by atoms with Crippen LogP contribution in [-0.2, 0) is 0 Å². The summed E-state index contributed by atoms with van der Waals surface area (Å²) in [4.78, 5) is 9.63. The van der Waals surface area contributed by atoms with Gasteiger partial charge in [-0.3, -0.25) is 15.2 Å². The highest BCUT2D eigenvalue weighted by Crippen LogP contribution is 2.21. The Bertz CT molecular complexity index is 271. The summed E-state index contributed by atoms with van der Waals surface area (Å²) in [6.45, 7) is -0.213. The highest BCUT2D eigenvalue weighted by molar-refractivity contribution is 5.37. The monoisotopic (exact) mass is 173 g/mol. The van der Waals surface area contributed by atoms with Crippen molar-refractivity contribution in [3.63, 3.8) is 0 Å². The van der Waals surface area contributed by atoms with Gasteiger partial charge in [0.25, 0.3) is 0 Å². The number of ether oxygens (including phenoxy) is 1. The maximum atomic E-state index is 10.2. The molecule has 2 N–H and O–H groups in total. The van der Waals surface area contributed by atoms with E-state index in [1.807, 2.05) is 0 Å². The number of aliphatic hydroxyl groups excluding tert-OH is 1. The van der Waals surface area contributed by atoms with Crippen LogP contribution in [0.1, 0.15) is 0 Å². The molecule has 1 aromatic rings. The third-order valence-corrected chi connectivity index (χ3v) is 1.11. The molecule has 0 spiro atoms. The number of hydrogen-bond donors (Lipinski definition) is 2. The molecular formula is C5H7N3O4. The van der Waals surface area contributed by atoms with Crippen LogP contribution >= 0.6 is 0 Å². The molecule has 0 fully saturated rings. The van der Waals surface area contributed by atoms with Crippen molar-refractivity contribution in [2.45, 2.75) is 0 Å². The first-order valence-electron chi connectivity index (χ1n) is 3.17. The lowest BCUT2D eigenvalue weighted by atomic mass is 10.6. The van der Waals surface area contributed by atoms with Crippen molar-refractivity contribution in [2.75, 3.05) is 13.2 Å². The molecule has 0 aliphatic carbocycles. The van der Waals surface area contributed by atoms with Crippen molar-refractivity contribution in [3.8, 4) is 5.88 Å². The fourth-order valence-electron chi connectivity index (χ4n) is 0.650.